The van der Waals surface area contributed by atoms with Gasteiger partial charge in [-0.15, -0.1) is 0 Å². The second-order valence-corrected chi connectivity index (χ2v) is 8.80. The van der Waals surface area contributed by atoms with Crippen LogP contribution in [0.15, 0.2) is 24.4 Å². The second-order valence-electron chi connectivity index (χ2n) is 8.80. The van der Waals surface area contributed by atoms with Gasteiger partial charge in [-0.1, -0.05) is 25.3 Å². The fourth-order valence-electron chi connectivity index (χ4n) is 4.69. The molecule has 0 aromatic carbocycles. The lowest BCUT2D eigenvalue weighted by molar-refractivity contribution is 0.0899. The maximum absolute atomic E-state index is 13.0. The van der Waals surface area contributed by atoms with E-state index in [4.69, 9.17) is 4.98 Å². The van der Waals surface area contributed by atoms with Gasteiger partial charge in [-0.05, 0) is 64.8 Å². The summed E-state index contributed by atoms with van der Waals surface area (Å²) < 4.78 is 2.14. The number of hydrogen-bond acceptors (Lipinski definition) is 3. The van der Waals surface area contributed by atoms with E-state index >= 15 is 0 Å². The van der Waals surface area contributed by atoms with Crippen molar-refractivity contribution in [3.8, 4) is 0 Å². The molecule has 2 fully saturated rings. The van der Waals surface area contributed by atoms with Crippen molar-refractivity contribution in [2.45, 2.75) is 70.3 Å². The Kier molecular flexibility index (Phi) is 5.22. The number of nitrogens with one attached hydrogen (secondary N) is 1. The third-order valence-electron chi connectivity index (χ3n) is 6.40. The lowest BCUT2D eigenvalue weighted by Crippen LogP contribution is -2.50. The number of hydrogen-bond donors (Lipinski definition) is 1. The van der Waals surface area contributed by atoms with Crippen molar-refractivity contribution in [3.63, 3.8) is 0 Å². The van der Waals surface area contributed by atoms with E-state index in [0.717, 1.165) is 24.4 Å². The molecule has 5 nitrogen and oxygen atoms in total. The summed E-state index contributed by atoms with van der Waals surface area (Å²) >= 11 is 0. The highest BCUT2D eigenvalue weighted by atomic mass is 16.1. The van der Waals surface area contributed by atoms with Crippen molar-refractivity contribution in [2.24, 2.45) is 0 Å². The van der Waals surface area contributed by atoms with Crippen LogP contribution in [0.4, 0.5) is 0 Å². The van der Waals surface area contributed by atoms with Gasteiger partial charge in [0.1, 0.15) is 5.82 Å². The van der Waals surface area contributed by atoms with Crippen molar-refractivity contribution in [1.82, 2.24) is 19.6 Å². The van der Waals surface area contributed by atoms with Crippen LogP contribution >= 0.6 is 0 Å². The highest BCUT2D eigenvalue weighted by Crippen LogP contribution is 2.33. The van der Waals surface area contributed by atoms with Crippen LogP contribution in [0.5, 0.6) is 0 Å². The first-order valence-corrected chi connectivity index (χ1v) is 10.6. The zero-order chi connectivity index (χ0) is 18.9. The van der Waals surface area contributed by atoms with Crippen LogP contribution < -0.4 is 5.32 Å². The Morgan fingerprint density at radius 3 is 2.63 bits per heavy atom. The Hall–Kier alpha value is -1.88. The molecule has 2 aromatic rings. The molecule has 1 amide bonds. The van der Waals surface area contributed by atoms with Gasteiger partial charge in [0, 0.05) is 24.2 Å². The Morgan fingerprint density at radius 2 is 1.89 bits per heavy atom. The van der Waals surface area contributed by atoms with E-state index < -0.39 is 0 Å². The number of nitrogens with zero attached hydrogens (tertiary/aromatic N) is 3. The Labute approximate surface area is 162 Å². The first-order valence-electron chi connectivity index (χ1n) is 10.6. The Balaban J connectivity index is 1.54. The first-order chi connectivity index (χ1) is 13.1. The predicted molar refractivity (Wildman–Crippen MR) is 108 cm³/mol. The number of amides is 1. The van der Waals surface area contributed by atoms with Crippen molar-refractivity contribution in [2.75, 3.05) is 19.6 Å². The number of fused-ring (bicyclic) bond motifs is 1. The van der Waals surface area contributed by atoms with Gasteiger partial charge in [0.15, 0.2) is 5.69 Å². The maximum Gasteiger partial charge on any atom is 0.272 e. The molecule has 1 N–H and O–H groups in total. The molecule has 1 aliphatic heterocycles. The summed E-state index contributed by atoms with van der Waals surface area (Å²) in [6.07, 6.45) is 10.8. The summed E-state index contributed by atoms with van der Waals surface area (Å²) in [6.45, 7) is 7.34. The number of rotatable bonds is 5. The lowest BCUT2D eigenvalue weighted by atomic mass is 9.89. The fraction of sp³-hybridized carbons (Fsp3) is 0.636. The van der Waals surface area contributed by atoms with E-state index in [9.17, 15) is 4.79 Å². The normalized spacial score (nSPS) is 19.6. The molecule has 146 valence electrons. The third kappa shape index (κ3) is 3.75. The zero-order valence-corrected chi connectivity index (χ0v) is 16.7. The molecular formula is C22H32N4O. The van der Waals surface area contributed by atoms with Gasteiger partial charge >= 0.3 is 0 Å². The van der Waals surface area contributed by atoms with Gasteiger partial charge < -0.3 is 9.72 Å². The molecule has 27 heavy (non-hydrogen) atoms. The molecule has 2 aromatic heterocycles. The van der Waals surface area contributed by atoms with Crippen molar-refractivity contribution in [1.29, 1.82) is 0 Å². The number of carbonyl (C=O) groups is 1. The van der Waals surface area contributed by atoms with Crippen molar-refractivity contribution in [3.05, 3.63) is 35.9 Å². The monoisotopic (exact) mass is 368 g/mol. The quantitative estimate of drug-likeness (QED) is 0.868. The average molecular weight is 369 g/mol. The number of aromatic nitrogens is 2. The molecule has 0 radical (unpaired) electrons. The summed E-state index contributed by atoms with van der Waals surface area (Å²) in [5.74, 6) is 1.48. The standard InChI is InChI=1S/C22H32N4O/c1-22(2,25-13-8-9-14-25)16-23-21(27)19-18-12-6-7-15-26(18)20(24-19)17-10-4-3-5-11-17/h6-7,12,15,17H,3-5,8-11,13-14,16H2,1-2H3,(H,23,27). The molecule has 1 aliphatic carbocycles. The molecule has 1 saturated heterocycles. The van der Waals surface area contributed by atoms with Gasteiger partial charge in [-0.2, -0.15) is 0 Å². The smallest absolute Gasteiger partial charge is 0.272 e. The zero-order valence-electron chi connectivity index (χ0n) is 16.7. The number of carbonyl (C=O) groups excluding carboxylic acids is 1. The van der Waals surface area contributed by atoms with Gasteiger partial charge in [-0.25, -0.2) is 4.98 Å². The van der Waals surface area contributed by atoms with E-state index in [0.29, 0.717) is 18.2 Å². The SMILES string of the molecule is CC(C)(CNC(=O)c1nc(C2CCCCC2)n2ccccc12)N1CCCC1. The number of pyridine rings is 1. The van der Waals surface area contributed by atoms with E-state index in [2.05, 4.69) is 34.7 Å². The largest absolute Gasteiger partial charge is 0.349 e. The van der Waals surface area contributed by atoms with Gasteiger partial charge in [-0.3, -0.25) is 9.69 Å². The second kappa shape index (κ2) is 7.63. The first kappa shape index (κ1) is 18.5. The number of imidazole rings is 1. The van der Waals surface area contributed by atoms with Gasteiger partial charge in [0.05, 0.1) is 5.52 Å². The van der Waals surface area contributed by atoms with Gasteiger partial charge in [0.25, 0.3) is 5.91 Å². The summed E-state index contributed by atoms with van der Waals surface area (Å²) in [5, 5.41) is 3.17. The van der Waals surface area contributed by atoms with Crippen LogP contribution in [0.1, 0.15) is 81.0 Å². The van der Waals surface area contributed by atoms with Crippen molar-refractivity contribution < 1.29 is 4.79 Å². The van der Waals surface area contributed by atoms with E-state index in [1.165, 1.54) is 44.9 Å². The highest BCUT2D eigenvalue weighted by Gasteiger charge is 2.30. The summed E-state index contributed by atoms with van der Waals surface area (Å²) in [4.78, 5) is 20.3. The maximum atomic E-state index is 13.0. The van der Waals surface area contributed by atoms with E-state index in [1.807, 2.05) is 18.2 Å². The van der Waals surface area contributed by atoms with E-state index in [1.54, 1.807) is 0 Å². The Bertz CT molecular complexity index is 798. The van der Waals surface area contributed by atoms with E-state index in [-0.39, 0.29) is 11.4 Å². The minimum absolute atomic E-state index is 0.0199. The molecule has 5 heteroatoms. The third-order valence-corrected chi connectivity index (χ3v) is 6.40. The van der Waals surface area contributed by atoms with Crippen LogP contribution in [-0.4, -0.2) is 45.4 Å². The van der Waals surface area contributed by atoms with Crippen LogP contribution in [0.3, 0.4) is 0 Å². The summed E-state index contributed by atoms with van der Waals surface area (Å²) in [6, 6.07) is 6.03. The fourth-order valence-corrected chi connectivity index (χ4v) is 4.69. The van der Waals surface area contributed by atoms with Crippen LogP contribution in [0.2, 0.25) is 0 Å². The van der Waals surface area contributed by atoms with Crippen molar-refractivity contribution >= 4 is 11.4 Å². The summed E-state index contributed by atoms with van der Waals surface area (Å²) in [7, 11) is 0. The molecule has 0 bridgehead atoms. The van der Waals surface area contributed by atoms with Crippen LogP contribution in [0, 0.1) is 0 Å². The minimum Gasteiger partial charge on any atom is -0.349 e. The minimum atomic E-state index is -0.0481. The molecule has 3 heterocycles. The molecule has 0 atom stereocenters. The molecule has 2 aliphatic rings. The van der Waals surface area contributed by atoms with Gasteiger partial charge in [0.2, 0.25) is 0 Å². The number of likely N-dealkylation sites (tertiary alicyclic amines) is 1. The predicted octanol–water partition coefficient (Wildman–Crippen LogP) is 3.99. The molecular weight excluding hydrogens is 336 g/mol. The van der Waals surface area contributed by atoms with Crippen LogP contribution in [0.25, 0.3) is 5.52 Å². The molecule has 4 rings (SSSR count). The highest BCUT2D eigenvalue weighted by molar-refractivity contribution is 5.99. The molecule has 0 unspecified atom stereocenters. The molecule has 1 saturated carbocycles. The topological polar surface area (TPSA) is 49.6 Å². The Morgan fingerprint density at radius 1 is 1.15 bits per heavy atom. The molecule has 0 spiro atoms. The van der Waals surface area contributed by atoms with Crippen LogP contribution in [-0.2, 0) is 0 Å². The lowest BCUT2D eigenvalue weighted by Gasteiger charge is -2.35. The average Bonchev–Trinajstić information content (AvgIpc) is 3.36. The summed E-state index contributed by atoms with van der Waals surface area (Å²) in [5.41, 5.74) is 1.48.